The average molecular weight is 339 g/mol. The van der Waals surface area contributed by atoms with Gasteiger partial charge < -0.3 is 9.84 Å². The summed E-state index contributed by atoms with van der Waals surface area (Å²) < 4.78 is 6.28. The van der Waals surface area contributed by atoms with Gasteiger partial charge in [0.15, 0.2) is 0 Å². The van der Waals surface area contributed by atoms with Crippen LogP contribution in [0.15, 0.2) is 22.7 Å². The summed E-state index contributed by atoms with van der Waals surface area (Å²) in [4.78, 5) is 10.6. The molecule has 0 atom stereocenters. The second kappa shape index (κ2) is 6.09. The topological polar surface area (TPSA) is 75.2 Å². The summed E-state index contributed by atoms with van der Waals surface area (Å²) in [6.45, 7) is 1.93. The fourth-order valence-corrected chi connectivity index (χ4v) is 2.40. The monoisotopic (exact) mass is 338 g/mol. The minimum atomic E-state index is -0.819. The van der Waals surface area contributed by atoms with Crippen molar-refractivity contribution < 1.29 is 14.6 Å². The van der Waals surface area contributed by atoms with Crippen molar-refractivity contribution in [3.8, 4) is 17.0 Å². The normalized spacial score (nSPS) is 10.6. The van der Waals surface area contributed by atoms with Crippen LogP contribution in [0.3, 0.4) is 0 Å². The molecule has 0 bridgehead atoms. The van der Waals surface area contributed by atoms with Crippen molar-refractivity contribution in [3.05, 3.63) is 33.9 Å². The molecule has 0 aliphatic rings. The number of ether oxygens (including phenoxy) is 1. The molecule has 0 aliphatic heterocycles. The molecule has 5 nitrogen and oxygen atoms in total. The van der Waals surface area contributed by atoms with E-state index in [1.165, 1.54) is 0 Å². The lowest BCUT2D eigenvalue weighted by Gasteiger charge is -2.07. The van der Waals surface area contributed by atoms with Crippen molar-refractivity contribution in [1.82, 2.24) is 10.2 Å². The van der Waals surface area contributed by atoms with Crippen molar-refractivity contribution in [3.63, 3.8) is 0 Å². The zero-order chi connectivity index (χ0) is 14.7. The maximum atomic E-state index is 10.6. The molecular weight excluding hydrogens is 324 g/mol. The molecule has 0 radical (unpaired) electrons. The number of nitrogens with one attached hydrogen (secondary N) is 1. The Morgan fingerprint density at radius 3 is 2.90 bits per heavy atom. The van der Waals surface area contributed by atoms with Crippen LogP contribution >= 0.6 is 15.9 Å². The highest BCUT2D eigenvalue weighted by atomic mass is 79.9. The number of carboxylic acid groups (broad SMARTS) is 1. The molecule has 2 aromatic rings. The summed E-state index contributed by atoms with van der Waals surface area (Å²) >= 11 is 3.43. The van der Waals surface area contributed by atoms with Crippen molar-refractivity contribution in [2.75, 3.05) is 7.11 Å². The van der Waals surface area contributed by atoms with E-state index < -0.39 is 5.97 Å². The first kappa shape index (κ1) is 14.6. The molecule has 0 aliphatic carbocycles. The minimum Gasteiger partial charge on any atom is -0.496 e. The number of aliphatic carboxylic acids is 1. The maximum Gasteiger partial charge on any atom is 0.303 e. The Balaban J connectivity index is 2.39. The predicted molar refractivity (Wildman–Crippen MR) is 79.0 cm³/mol. The highest BCUT2D eigenvalue weighted by molar-refractivity contribution is 9.10. The fourth-order valence-electron chi connectivity index (χ4n) is 2.04. The van der Waals surface area contributed by atoms with Crippen LogP contribution in [-0.4, -0.2) is 28.4 Å². The molecular formula is C14H15BrN2O3. The van der Waals surface area contributed by atoms with Gasteiger partial charge in [-0.2, -0.15) is 5.10 Å². The van der Waals surface area contributed by atoms with Gasteiger partial charge in [0, 0.05) is 15.7 Å². The fraction of sp³-hybridized carbons (Fsp3) is 0.286. The van der Waals surface area contributed by atoms with Crippen LogP contribution in [0.5, 0.6) is 5.75 Å². The molecule has 1 heterocycles. The number of carboxylic acids is 1. The van der Waals surface area contributed by atoms with Crippen LogP contribution in [0.1, 0.15) is 17.7 Å². The van der Waals surface area contributed by atoms with Crippen molar-refractivity contribution in [1.29, 1.82) is 0 Å². The summed E-state index contributed by atoms with van der Waals surface area (Å²) in [5.74, 6) is -0.0897. The van der Waals surface area contributed by atoms with Gasteiger partial charge in [-0.05, 0) is 37.1 Å². The molecule has 20 heavy (non-hydrogen) atoms. The highest BCUT2D eigenvalue weighted by Crippen LogP contribution is 2.34. The van der Waals surface area contributed by atoms with Gasteiger partial charge in [0.2, 0.25) is 0 Å². The molecule has 2 N–H and O–H groups in total. The smallest absolute Gasteiger partial charge is 0.303 e. The summed E-state index contributed by atoms with van der Waals surface area (Å²) in [5.41, 5.74) is 3.44. The van der Waals surface area contributed by atoms with E-state index in [4.69, 9.17) is 9.84 Å². The number of benzene rings is 1. The number of aromatic nitrogens is 2. The third kappa shape index (κ3) is 3.01. The summed E-state index contributed by atoms with van der Waals surface area (Å²) in [5, 5.41) is 16.0. The third-order valence-electron chi connectivity index (χ3n) is 3.12. The Labute approximate surface area is 125 Å². The van der Waals surface area contributed by atoms with Gasteiger partial charge >= 0.3 is 5.97 Å². The molecule has 0 spiro atoms. The number of H-pyrrole nitrogens is 1. The molecule has 0 fully saturated rings. The van der Waals surface area contributed by atoms with E-state index in [1.807, 2.05) is 25.1 Å². The van der Waals surface area contributed by atoms with E-state index in [2.05, 4.69) is 26.1 Å². The summed E-state index contributed by atoms with van der Waals surface area (Å²) in [6, 6.07) is 5.70. The molecule has 2 rings (SSSR count). The minimum absolute atomic E-state index is 0.0814. The number of hydrogen-bond donors (Lipinski definition) is 2. The van der Waals surface area contributed by atoms with Crippen LogP contribution in [0.2, 0.25) is 0 Å². The first-order valence-electron chi connectivity index (χ1n) is 6.12. The Kier molecular flexibility index (Phi) is 4.44. The molecule has 0 amide bonds. The zero-order valence-corrected chi connectivity index (χ0v) is 12.8. The number of rotatable bonds is 5. The second-order valence-electron chi connectivity index (χ2n) is 4.41. The van der Waals surface area contributed by atoms with Crippen LogP contribution in [0.25, 0.3) is 11.3 Å². The van der Waals surface area contributed by atoms with Gasteiger partial charge in [0.25, 0.3) is 0 Å². The van der Waals surface area contributed by atoms with Gasteiger partial charge in [-0.1, -0.05) is 15.9 Å². The Morgan fingerprint density at radius 1 is 1.50 bits per heavy atom. The van der Waals surface area contributed by atoms with Gasteiger partial charge in [0.05, 0.1) is 19.2 Å². The molecule has 1 aromatic carbocycles. The summed E-state index contributed by atoms with van der Waals surface area (Å²) in [6.07, 6.45) is 0.516. The molecule has 6 heteroatoms. The third-order valence-corrected chi connectivity index (χ3v) is 3.61. The number of hydrogen-bond acceptors (Lipinski definition) is 3. The summed E-state index contributed by atoms with van der Waals surface area (Å²) in [7, 11) is 1.61. The molecule has 0 saturated carbocycles. The first-order valence-corrected chi connectivity index (χ1v) is 6.91. The van der Waals surface area contributed by atoms with E-state index in [0.29, 0.717) is 6.42 Å². The number of halogens is 1. The highest BCUT2D eigenvalue weighted by Gasteiger charge is 2.15. The number of methoxy groups -OCH3 is 1. The van der Waals surface area contributed by atoms with Crippen LogP contribution < -0.4 is 4.74 Å². The van der Waals surface area contributed by atoms with Crippen LogP contribution in [0, 0.1) is 6.92 Å². The van der Waals surface area contributed by atoms with Gasteiger partial charge in [-0.15, -0.1) is 0 Å². The SMILES string of the molecule is COc1ccc(Br)cc1-c1n[nH]c(CCC(=O)O)c1C. The Morgan fingerprint density at radius 2 is 2.25 bits per heavy atom. The number of carbonyl (C=O) groups is 1. The van der Waals surface area contributed by atoms with Crippen molar-refractivity contribution >= 4 is 21.9 Å². The van der Waals surface area contributed by atoms with Gasteiger partial charge in [-0.3, -0.25) is 9.89 Å². The first-order chi connectivity index (χ1) is 9.52. The van der Waals surface area contributed by atoms with Gasteiger partial charge in [-0.25, -0.2) is 0 Å². The lowest BCUT2D eigenvalue weighted by atomic mass is 10.0. The standard InChI is InChI=1S/C14H15BrN2O3/c1-8-11(4-6-13(18)19)16-17-14(8)10-7-9(15)3-5-12(10)20-2/h3,5,7H,4,6H2,1-2H3,(H,16,17)(H,18,19). The lowest BCUT2D eigenvalue weighted by molar-refractivity contribution is -0.136. The van der Waals surface area contributed by atoms with Crippen LogP contribution in [-0.2, 0) is 11.2 Å². The Hall–Kier alpha value is -1.82. The zero-order valence-electron chi connectivity index (χ0n) is 11.2. The van der Waals surface area contributed by atoms with Crippen molar-refractivity contribution in [2.24, 2.45) is 0 Å². The largest absolute Gasteiger partial charge is 0.496 e. The number of aryl methyl sites for hydroxylation is 1. The number of nitrogens with zero attached hydrogens (tertiary/aromatic N) is 1. The molecule has 0 unspecified atom stereocenters. The average Bonchev–Trinajstić information content (AvgIpc) is 2.77. The molecule has 0 saturated heterocycles. The molecule has 1 aromatic heterocycles. The maximum absolute atomic E-state index is 10.6. The van der Waals surface area contributed by atoms with E-state index >= 15 is 0 Å². The van der Waals surface area contributed by atoms with Gasteiger partial charge in [0.1, 0.15) is 5.75 Å². The van der Waals surface area contributed by atoms with Crippen molar-refractivity contribution in [2.45, 2.75) is 19.8 Å². The van der Waals surface area contributed by atoms with E-state index in [-0.39, 0.29) is 6.42 Å². The van der Waals surface area contributed by atoms with Crippen LogP contribution in [0.4, 0.5) is 0 Å². The number of aromatic amines is 1. The van der Waals surface area contributed by atoms with E-state index in [0.717, 1.165) is 32.7 Å². The lowest BCUT2D eigenvalue weighted by Crippen LogP contribution is -1.98. The van der Waals surface area contributed by atoms with E-state index in [9.17, 15) is 4.79 Å². The second-order valence-corrected chi connectivity index (χ2v) is 5.33. The van der Waals surface area contributed by atoms with E-state index in [1.54, 1.807) is 7.11 Å². The molecule has 106 valence electrons. The predicted octanol–water partition coefficient (Wildman–Crippen LogP) is 3.17. The Bertz CT molecular complexity index is 637. The quantitative estimate of drug-likeness (QED) is 0.877.